The Bertz CT molecular complexity index is 313. The Kier molecular flexibility index (Phi) is 14.1. The third kappa shape index (κ3) is 9.65. The Hall–Kier alpha value is -1.02. The van der Waals surface area contributed by atoms with Gasteiger partial charge in [0, 0.05) is 6.42 Å². The maximum absolute atomic E-state index is 9.90. The molecule has 0 saturated carbocycles. The summed E-state index contributed by atoms with van der Waals surface area (Å²) in [6, 6.07) is 0. The van der Waals surface area contributed by atoms with E-state index in [0.717, 1.165) is 0 Å². The van der Waals surface area contributed by atoms with Crippen molar-refractivity contribution in [3.63, 3.8) is 0 Å². The third-order valence-electron chi connectivity index (χ3n) is 2.73. The molecular weight excluding hydrogens is 320 g/mol. The Morgan fingerprint density at radius 3 is 1.43 bits per heavy atom. The van der Waals surface area contributed by atoms with E-state index in [9.17, 15) is 9.59 Å². The van der Waals surface area contributed by atoms with E-state index in [1.165, 1.54) is 0 Å². The molecule has 0 spiro atoms. The molecule has 0 aromatic rings. The molecule has 0 aliphatic rings. The van der Waals surface area contributed by atoms with E-state index in [1.807, 2.05) is 0 Å². The average Bonchev–Trinajstić information content (AvgIpc) is 2.58. The van der Waals surface area contributed by atoms with Crippen LogP contribution in [-0.2, 0) is 9.59 Å². The highest BCUT2D eigenvalue weighted by atomic mass is 16.4. The molecule has 11 nitrogen and oxygen atoms in total. The first-order valence-corrected chi connectivity index (χ1v) is 6.54. The van der Waals surface area contributed by atoms with E-state index in [1.54, 1.807) is 0 Å². The standard InChI is InChI=1S/C6H12O6.C6H12O5/c7-1-3(9)5(11)6(12)4(10)2-8;7-2-1-4(9)6(11)5(10)3-8/h1,3-6,8-12H,2H2;2,4-6,8-11H,1,3H2/t3-,4+,5+,6+;/m0./s1. The molecular formula is C12H24O11. The average molecular weight is 344 g/mol. The maximum atomic E-state index is 9.90. The first-order chi connectivity index (χ1) is 10.7. The molecule has 0 aliphatic carbocycles. The molecule has 0 rings (SSSR count). The molecule has 9 N–H and O–H groups in total. The van der Waals surface area contributed by atoms with Gasteiger partial charge < -0.3 is 55.5 Å². The molecule has 0 heterocycles. The molecule has 3 unspecified atom stereocenters. The summed E-state index contributed by atoms with van der Waals surface area (Å²) in [7, 11) is 0. The molecule has 23 heavy (non-hydrogen) atoms. The van der Waals surface area contributed by atoms with Crippen LogP contribution in [0.1, 0.15) is 6.42 Å². The number of aldehydes is 2. The van der Waals surface area contributed by atoms with Gasteiger partial charge in [-0.15, -0.1) is 0 Å². The van der Waals surface area contributed by atoms with Crippen LogP contribution in [-0.4, -0.2) is 114 Å². The quantitative estimate of drug-likeness (QED) is 0.170. The summed E-state index contributed by atoms with van der Waals surface area (Å²) in [4.78, 5) is 19.7. The summed E-state index contributed by atoms with van der Waals surface area (Å²) in [5.74, 6) is 0. The van der Waals surface area contributed by atoms with Crippen LogP contribution < -0.4 is 0 Å². The lowest BCUT2D eigenvalue weighted by Crippen LogP contribution is -2.46. The van der Waals surface area contributed by atoms with Crippen LogP contribution in [0, 0.1) is 0 Å². The van der Waals surface area contributed by atoms with Crippen LogP contribution >= 0.6 is 0 Å². The Balaban J connectivity index is 0. The lowest BCUT2D eigenvalue weighted by Gasteiger charge is -2.22. The van der Waals surface area contributed by atoms with E-state index in [2.05, 4.69) is 0 Å². The Morgan fingerprint density at radius 2 is 1.09 bits per heavy atom. The number of rotatable bonds is 10. The van der Waals surface area contributed by atoms with Crippen molar-refractivity contribution in [1.82, 2.24) is 0 Å². The van der Waals surface area contributed by atoms with Gasteiger partial charge in [-0.05, 0) is 0 Å². The van der Waals surface area contributed by atoms with Gasteiger partial charge in [-0.3, -0.25) is 0 Å². The van der Waals surface area contributed by atoms with Gasteiger partial charge in [0.05, 0.1) is 19.3 Å². The number of carbonyl (C=O) groups is 2. The molecule has 0 radical (unpaired) electrons. The van der Waals surface area contributed by atoms with Crippen molar-refractivity contribution in [2.75, 3.05) is 13.2 Å². The second-order valence-corrected chi connectivity index (χ2v) is 4.57. The summed E-state index contributed by atoms with van der Waals surface area (Å²) in [5.41, 5.74) is 0. The zero-order valence-electron chi connectivity index (χ0n) is 12.2. The molecule has 0 saturated heterocycles. The first-order valence-electron chi connectivity index (χ1n) is 6.54. The minimum atomic E-state index is -1.79. The number of hydrogen-bond acceptors (Lipinski definition) is 11. The van der Waals surface area contributed by atoms with Crippen molar-refractivity contribution in [2.24, 2.45) is 0 Å². The van der Waals surface area contributed by atoms with Gasteiger partial charge in [-0.25, -0.2) is 0 Å². The summed E-state index contributed by atoms with van der Waals surface area (Å²) in [6.07, 6.45) is -10.8. The normalized spacial score (nSPS) is 20.0. The molecule has 0 aromatic heterocycles. The van der Waals surface area contributed by atoms with Gasteiger partial charge in [0.15, 0.2) is 6.29 Å². The first kappa shape index (κ1) is 24.2. The van der Waals surface area contributed by atoms with Crippen LogP contribution in [0.15, 0.2) is 0 Å². The molecule has 11 heteroatoms. The van der Waals surface area contributed by atoms with Crippen molar-refractivity contribution in [3.05, 3.63) is 0 Å². The monoisotopic (exact) mass is 344 g/mol. The Labute approximate surface area is 131 Å². The van der Waals surface area contributed by atoms with Crippen molar-refractivity contribution >= 4 is 12.6 Å². The van der Waals surface area contributed by atoms with Gasteiger partial charge in [0.25, 0.3) is 0 Å². The lowest BCUT2D eigenvalue weighted by atomic mass is 10.0. The van der Waals surface area contributed by atoms with Gasteiger partial charge in [-0.1, -0.05) is 0 Å². The molecule has 0 aromatic carbocycles. The highest BCUT2D eigenvalue weighted by molar-refractivity contribution is 5.56. The largest absolute Gasteiger partial charge is 0.394 e. The van der Waals surface area contributed by atoms with E-state index in [4.69, 9.17) is 46.0 Å². The fraction of sp³-hybridized carbons (Fsp3) is 0.833. The number of carbonyl (C=O) groups excluding carboxylic acids is 2. The van der Waals surface area contributed by atoms with Crippen molar-refractivity contribution in [1.29, 1.82) is 0 Å². The Morgan fingerprint density at radius 1 is 0.652 bits per heavy atom. The number of aliphatic hydroxyl groups excluding tert-OH is 9. The molecule has 0 fully saturated rings. The van der Waals surface area contributed by atoms with Gasteiger partial charge in [-0.2, -0.15) is 0 Å². The third-order valence-corrected chi connectivity index (χ3v) is 2.73. The van der Waals surface area contributed by atoms with Crippen LogP contribution in [0.2, 0.25) is 0 Å². The molecule has 0 aliphatic heterocycles. The maximum Gasteiger partial charge on any atom is 0.151 e. The lowest BCUT2D eigenvalue weighted by molar-refractivity contribution is -0.136. The van der Waals surface area contributed by atoms with Crippen molar-refractivity contribution in [3.8, 4) is 0 Å². The molecule has 138 valence electrons. The zero-order chi connectivity index (χ0) is 18.6. The highest BCUT2D eigenvalue weighted by Crippen LogP contribution is 2.03. The van der Waals surface area contributed by atoms with E-state index < -0.39 is 55.9 Å². The van der Waals surface area contributed by atoms with Crippen LogP contribution in [0.25, 0.3) is 0 Å². The molecule has 7 atom stereocenters. The summed E-state index contributed by atoms with van der Waals surface area (Å²) in [5, 5.41) is 78.4. The predicted molar refractivity (Wildman–Crippen MR) is 73.0 cm³/mol. The SMILES string of the molecule is O=CCC(O)C(O)C(O)CO.O=C[C@H](O)[C@@H](O)[C@H](O)[C@H](O)CO. The van der Waals surface area contributed by atoms with Crippen LogP contribution in [0.5, 0.6) is 0 Å². The smallest absolute Gasteiger partial charge is 0.151 e. The van der Waals surface area contributed by atoms with E-state index >= 15 is 0 Å². The fourth-order valence-electron chi connectivity index (χ4n) is 1.22. The van der Waals surface area contributed by atoms with E-state index in [0.29, 0.717) is 6.29 Å². The van der Waals surface area contributed by atoms with Crippen LogP contribution in [0.3, 0.4) is 0 Å². The zero-order valence-corrected chi connectivity index (χ0v) is 12.2. The predicted octanol–water partition coefficient (Wildman–Crippen LogP) is -5.73. The highest BCUT2D eigenvalue weighted by Gasteiger charge is 2.29. The van der Waals surface area contributed by atoms with Crippen molar-refractivity contribution in [2.45, 2.75) is 49.1 Å². The van der Waals surface area contributed by atoms with Gasteiger partial charge in [0.1, 0.15) is 42.9 Å². The summed E-state index contributed by atoms with van der Waals surface area (Å²) >= 11 is 0. The molecule has 0 bridgehead atoms. The van der Waals surface area contributed by atoms with Gasteiger partial charge >= 0.3 is 0 Å². The summed E-state index contributed by atoms with van der Waals surface area (Å²) in [6.45, 7) is -1.40. The van der Waals surface area contributed by atoms with E-state index in [-0.39, 0.29) is 12.7 Å². The number of aliphatic hydroxyl groups is 9. The van der Waals surface area contributed by atoms with Crippen LogP contribution in [0.4, 0.5) is 0 Å². The summed E-state index contributed by atoms with van der Waals surface area (Å²) < 4.78 is 0. The minimum absolute atomic E-state index is 0.0258. The second-order valence-electron chi connectivity index (χ2n) is 4.57. The fourth-order valence-corrected chi connectivity index (χ4v) is 1.22. The topological polar surface area (TPSA) is 216 Å². The van der Waals surface area contributed by atoms with Gasteiger partial charge in [0.2, 0.25) is 0 Å². The minimum Gasteiger partial charge on any atom is -0.394 e. The number of hydrogen-bond donors (Lipinski definition) is 9. The second kappa shape index (κ2) is 13.4. The van der Waals surface area contributed by atoms with Crippen molar-refractivity contribution < 1.29 is 55.5 Å². The molecule has 0 amide bonds.